The van der Waals surface area contributed by atoms with Gasteiger partial charge in [0.05, 0.1) is 6.04 Å². The zero-order valence-corrected chi connectivity index (χ0v) is 11.4. The molecule has 94 valence electrons. The number of thioether (sulfide) groups is 1. The Balaban J connectivity index is 2.56. The first-order valence-corrected chi connectivity index (χ1v) is 7.26. The lowest BCUT2D eigenvalue weighted by Crippen LogP contribution is -2.41. The van der Waals surface area contributed by atoms with Crippen LogP contribution in [0.2, 0.25) is 5.15 Å². The van der Waals surface area contributed by atoms with Gasteiger partial charge in [0.1, 0.15) is 5.15 Å². The molecular formula is C11H15ClN2O2S. The normalized spacial score (nSPS) is 24.2. The minimum atomic E-state index is -0.392. The standard InChI is InChI=1S/C11H15ClN2O2S/c1-6-9(12)13-11(16)14(10(6)15)7-4-3-5-8(7)17-2/h7-8H,3-5H2,1-2H3,(H,13,16). The van der Waals surface area contributed by atoms with Gasteiger partial charge in [0.2, 0.25) is 0 Å². The van der Waals surface area contributed by atoms with Crippen LogP contribution in [0, 0.1) is 6.92 Å². The molecule has 0 saturated heterocycles. The van der Waals surface area contributed by atoms with Crippen molar-refractivity contribution in [2.75, 3.05) is 6.26 Å². The molecular weight excluding hydrogens is 260 g/mol. The molecule has 17 heavy (non-hydrogen) atoms. The predicted molar refractivity (Wildman–Crippen MR) is 71.3 cm³/mol. The summed E-state index contributed by atoms with van der Waals surface area (Å²) in [7, 11) is 0. The van der Waals surface area contributed by atoms with Gasteiger partial charge in [0.25, 0.3) is 5.56 Å². The van der Waals surface area contributed by atoms with Crippen molar-refractivity contribution in [3.8, 4) is 0 Å². The number of hydrogen-bond acceptors (Lipinski definition) is 3. The van der Waals surface area contributed by atoms with Gasteiger partial charge >= 0.3 is 5.69 Å². The molecule has 1 heterocycles. The summed E-state index contributed by atoms with van der Waals surface area (Å²) in [5.74, 6) is 0. The van der Waals surface area contributed by atoms with Gasteiger partial charge in [-0.1, -0.05) is 18.0 Å². The second-order valence-electron chi connectivity index (χ2n) is 4.32. The molecule has 6 heteroatoms. The summed E-state index contributed by atoms with van der Waals surface area (Å²) in [5.41, 5.74) is -0.237. The Kier molecular flexibility index (Phi) is 3.68. The van der Waals surface area contributed by atoms with Crippen molar-refractivity contribution in [2.45, 2.75) is 37.5 Å². The highest BCUT2D eigenvalue weighted by Crippen LogP contribution is 2.35. The van der Waals surface area contributed by atoms with E-state index in [1.165, 1.54) is 4.57 Å². The summed E-state index contributed by atoms with van der Waals surface area (Å²) < 4.78 is 1.34. The van der Waals surface area contributed by atoms with E-state index >= 15 is 0 Å². The third kappa shape index (κ3) is 2.18. The monoisotopic (exact) mass is 274 g/mol. The molecule has 0 bridgehead atoms. The number of rotatable bonds is 2. The highest BCUT2D eigenvalue weighted by Gasteiger charge is 2.30. The smallest absolute Gasteiger partial charge is 0.297 e. The lowest BCUT2D eigenvalue weighted by Gasteiger charge is -2.19. The largest absolute Gasteiger partial charge is 0.329 e. The molecule has 1 aliphatic rings. The number of H-pyrrole nitrogens is 1. The van der Waals surface area contributed by atoms with Crippen LogP contribution < -0.4 is 11.2 Å². The summed E-state index contributed by atoms with van der Waals surface area (Å²) in [6.45, 7) is 1.64. The van der Waals surface area contributed by atoms with Crippen molar-refractivity contribution >= 4 is 23.4 Å². The number of hydrogen-bond donors (Lipinski definition) is 1. The molecule has 1 aromatic heterocycles. The van der Waals surface area contributed by atoms with E-state index in [9.17, 15) is 9.59 Å². The lowest BCUT2D eigenvalue weighted by atomic mass is 10.2. The summed E-state index contributed by atoms with van der Waals surface area (Å²) in [5, 5.41) is 0.490. The first-order chi connectivity index (χ1) is 8.06. The van der Waals surface area contributed by atoms with Crippen molar-refractivity contribution in [1.82, 2.24) is 9.55 Å². The van der Waals surface area contributed by atoms with Gasteiger partial charge in [-0.15, -0.1) is 0 Å². The van der Waals surface area contributed by atoms with Crippen LogP contribution in [0.1, 0.15) is 30.9 Å². The second-order valence-corrected chi connectivity index (χ2v) is 5.77. The van der Waals surface area contributed by atoms with Crippen LogP contribution in [0.5, 0.6) is 0 Å². The van der Waals surface area contributed by atoms with Gasteiger partial charge in [-0.2, -0.15) is 11.8 Å². The van der Waals surface area contributed by atoms with Gasteiger partial charge in [-0.25, -0.2) is 4.79 Å². The number of nitrogens with zero attached hydrogens (tertiary/aromatic N) is 1. The Morgan fingerprint density at radius 3 is 2.76 bits per heavy atom. The molecule has 0 radical (unpaired) electrons. The van der Waals surface area contributed by atoms with Crippen LogP contribution in [-0.2, 0) is 0 Å². The second kappa shape index (κ2) is 4.90. The lowest BCUT2D eigenvalue weighted by molar-refractivity contribution is 0.485. The highest BCUT2D eigenvalue weighted by atomic mass is 35.5. The minimum Gasteiger partial charge on any atom is -0.297 e. The SMILES string of the molecule is CSC1CCCC1n1c(=O)[nH]c(Cl)c(C)c1=O. The average Bonchev–Trinajstić information content (AvgIpc) is 2.74. The van der Waals surface area contributed by atoms with Crippen molar-refractivity contribution in [3.63, 3.8) is 0 Å². The van der Waals surface area contributed by atoms with Crippen LogP contribution in [0.3, 0.4) is 0 Å². The minimum absolute atomic E-state index is 0.00258. The maximum absolute atomic E-state index is 12.1. The third-order valence-electron chi connectivity index (χ3n) is 3.36. The Bertz CT molecular complexity index is 537. The van der Waals surface area contributed by atoms with E-state index in [-0.39, 0.29) is 16.8 Å². The van der Waals surface area contributed by atoms with Crippen LogP contribution >= 0.6 is 23.4 Å². The molecule has 2 atom stereocenters. The molecule has 1 fully saturated rings. The fourth-order valence-corrected chi connectivity index (χ4v) is 3.53. The summed E-state index contributed by atoms with van der Waals surface area (Å²) in [6.07, 6.45) is 5.02. The molecule has 0 spiro atoms. The summed E-state index contributed by atoms with van der Waals surface area (Å²) in [6, 6.07) is -0.00258. The average molecular weight is 275 g/mol. The Morgan fingerprint density at radius 1 is 1.41 bits per heavy atom. The van der Waals surface area contributed by atoms with Crippen LogP contribution in [0.15, 0.2) is 9.59 Å². The predicted octanol–water partition coefficient (Wildman–Crippen LogP) is 1.96. The van der Waals surface area contributed by atoms with Gasteiger partial charge in [0.15, 0.2) is 0 Å². The third-order valence-corrected chi connectivity index (χ3v) is 4.89. The molecule has 0 aliphatic heterocycles. The fourth-order valence-electron chi connectivity index (χ4n) is 2.39. The van der Waals surface area contributed by atoms with Gasteiger partial charge in [-0.05, 0) is 26.0 Å². The van der Waals surface area contributed by atoms with Gasteiger partial charge < -0.3 is 0 Å². The zero-order chi connectivity index (χ0) is 12.6. The maximum atomic E-state index is 12.1. The molecule has 1 aromatic rings. The molecule has 2 unspecified atom stereocenters. The van der Waals surface area contributed by atoms with Crippen molar-refractivity contribution in [3.05, 3.63) is 31.6 Å². The Labute approximate surface area is 108 Å². The van der Waals surface area contributed by atoms with E-state index in [0.717, 1.165) is 19.3 Å². The number of nitrogens with one attached hydrogen (secondary N) is 1. The van der Waals surface area contributed by atoms with E-state index < -0.39 is 5.69 Å². The topological polar surface area (TPSA) is 54.9 Å². The van der Waals surface area contributed by atoms with Crippen LogP contribution in [0.25, 0.3) is 0 Å². The molecule has 4 nitrogen and oxygen atoms in total. The first-order valence-electron chi connectivity index (χ1n) is 5.60. The number of aromatic nitrogens is 2. The zero-order valence-electron chi connectivity index (χ0n) is 9.83. The Hall–Kier alpha value is -0.680. The quantitative estimate of drug-likeness (QED) is 0.839. The molecule has 1 N–H and O–H groups in total. The van der Waals surface area contributed by atoms with Gasteiger partial charge in [-0.3, -0.25) is 14.3 Å². The molecule has 0 aromatic carbocycles. The fraction of sp³-hybridized carbons (Fsp3) is 0.636. The van der Waals surface area contributed by atoms with E-state index in [2.05, 4.69) is 4.98 Å². The summed E-state index contributed by atoms with van der Waals surface area (Å²) in [4.78, 5) is 26.5. The highest BCUT2D eigenvalue weighted by molar-refractivity contribution is 7.99. The van der Waals surface area contributed by atoms with Crippen LogP contribution in [-0.4, -0.2) is 21.1 Å². The number of aromatic amines is 1. The van der Waals surface area contributed by atoms with Crippen LogP contribution in [0.4, 0.5) is 0 Å². The summed E-state index contributed by atoms with van der Waals surface area (Å²) >= 11 is 7.51. The Morgan fingerprint density at radius 2 is 2.12 bits per heavy atom. The molecule has 1 aliphatic carbocycles. The molecule has 0 amide bonds. The van der Waals surface area contributed by atoms with Crippen molar-refractivity contribution in [2.24, 2.45) is 0 Å². The van der Waals surface area contributed by atoms with E-state index in [1.54, 1.807) is 18.7 Å². The van der Waals surface area contributed by atoms with E-state index in [4.69, 9.17) is 11.6 Å². The number of halogens is 1. The van der Waals surface area contributed by atoms with Crippen molar-refractivity contribution < 1.29 is 0 Å². The maximum Gasteiger partial charge on any atom is 0.329 e. The first kappa shape index (κ1) is 12.8. The molecule has 2 rings (SSSR count). The van der Waals surface area contributed by atoms with E-state index in [0.29, 0.717) is 10.8 Å². The molecule has 1 saturated carbocycles. The van der Waals surface area contributed by atoms with Gasteiger partial charge in [0, 0.05) is 10.8 Å². The van der Waals surface area contributed by atoms with Crippen molar-refractivity contribution in [1.29, 1.82) is 0 Å². The van der Waals surface area contributed by atoms with E-state index in [1.807, 2.05) is 6.26 Å².